The highest BCUT2D eigenvalue weighted by molar-refractivity contribution is 5.96. The molecule has 0 bridgehead atoms. The van der Waals surface area contributed by atoms with E-state index in [-0.39, 0.29) is 11.6 Å². The topological polar surface area (TPSA) is 78.7 Å². The van der Waals surface area contributed by atoms with E-state index in [4.69, 9.17) is 5.73 Å². The van der Waals surface area contributed by atoms with Crippen molar-refractivity contribution < 1.29 is 18.4 Å². The number of halogens is 2. The fourth-order valence-electron chi connectivity index (χ4n) is 2.44. The predicted molar refractivity (Wildman–Crippen MR) is 87.1 cm³/mol. The van der Waals surface area contributed by atoms with Gasteiger partial charge in [0, 0.05) is 23.8 Å². The van der Waals surface area contributed by atoms with Gasteiger partial charge in [-0.05, 0) is 44.6 Å². The fraction of sp³-hybridized carbons (Fsp3) is 0.500. The molecule has 1 fully saturated rings. The number of rotatable bonds is 7. The Labute approximate surface area is 139 Å². The fourth-order valence-corrected chi connectivity index (χ4v) is 2.44. The Balaban J connectivity index is 2.22. The summed E-state index contributed by atoms with van der Waals surface area (Å²) in [5, 5.41) is 2.66. The van der Waals surface area contributed by atoms with Gasteiger partial charge in [-0.3, -0.25) is 4.79 Å². The zero-order chi connectivity index (χ0) is 17.9. The first-order chi connectivity index (χ1) is 11.3. The molecule has 8 heteroatoms. The number of amides is 3. The van der Waals surface area contributed by atoms with Crippen LogP contribution in [0.3, 0.4) is 0 Å². The normalized spacial score (nSPS) is 14.1. The number of benzene rings is 1. The Morgan fingerprint density at radius 1 is 1.33 bits per heavy atom. The molecule has 0 aliphatic heterocycles. The summed E-state index contributed by atoms with van der Waals surface area (Å²) in [4.78, 5) is 26.8. The lowest BCUT2D eigenvalue weighted by Crippen LogP contribution is -2.40. The van der Waals surface area contributed by atoms with Gasteiger partial charge in [-0.25, -0.2) is 13.6 Å². The molecule has 132 valence electrons. The highest BCUT2D eigenvalue weighted by atomic mass is 19.3. The van der Waals surface area contributed by atoms with Gasteiger partial charge in [0.25, 0.3) is 6.43 Å². The molecule has 0 heterocycles. The Kier molecular flexibility index (Phi) is 5.71. The molecule has 1 saturated carbocycles. The monoisotopic (exact) mass is 340 g/mol. The van der Waals surface area contributed by atoms with E-state index in [0.29, 0.717) is 12.2 Å². The van der Waals surface area contributed by atoms with Gasteiger partial charge in [-0.1, -0.05) is 6.07 Å². The highest BCUT2D eigenvalue weighted by Crippen LogP contribution is 2.29. The number of nitrogens with one attached hydrogen (secondary N) is 1. The lowest BCUT2D eigenvalue weighted by Gasteiger charge is -2.24. The standard InChI is InChI=1S/C16H22F2N4O2/c1-21(2)8-11-4-3-10(15(19)23)7-13(11)20-16(24)22(9-14(17)18)12-5-6-12/h3-4,7,12,14H,5-6,8-9H2,1-2H3,(H2,19,23)(H,20,24). The molecule has 2 rings (SSSR count). The average molecular weight is 340 g/mol. The second-order valence-electron chi connectivity index (χ2n) is 6.18. The van der Waals surface area contributed by atoms with Crippen LogP contribution < -0.4 is 11.1 Å². The van der Waals surface area contributed by atoms with Crippen molar-refractivity contribution in [1.82, 2.24) is 9.80 Å². The van der Waals surface area contributed by atoms with E-state index in [2.05, 4.69) is 5.32 Å². The van der Waals surface area contributed by atoms with Gasteiger partial charge in [0.15, 0.2) is 0 Å². The molecule has 1 aliphatic rings. The number of carbonyl (C=O) groups is 2. The van der Waals surface area contributed by atoms with E-state index in [1.54, 1.807) is 12.1 Å². The van der Waals surface area contributed by atoms with E-state index in [9.17, 15) is 18.4 Å². The van der Waals surface area contributed by atoms with Crippen LogP contribution >= 0.6 is 0 Å². The van der Waals surface area contributed by atoms with E-state index in [1.807, 2.05) is 19.0 Å². The van der Waals surface area contributed by atoms with Crippen LogP contribution in [0.1, 0.15) is 28.8 Å². The minimum absolute atomic E-state index is 0.143. The third-order valence-corrected chi connectivity index (χ3v) is 3.71. The number of alkyl halides is 2. The number of primary amides is 1. The Morgan fingerprint density at radius 3 is 2.50 bits per heavy atom. The Hall–Kier alpha value is -2.22. The van der Waals surface area contributed by atoms with E-state index in [1.165, 1.54) is 6.07 Å². The third-order valence-electron chi connectivity index (χ3n) is 3.71. The van der Waals surface area contributed by atoms with Crippen LogP contribution in [-0.2, 0) is 6.54 Å². The quantitative estimate of drug-likeness (QED) is 0.798. The van der Waals surface area contributed by atoms with E-state index < -0.39 is 24.9 Å². The van der Waals surface area contributed by atoms with Crippen LogP contribution in [-0.4, -0.2) is 54.8 Å². The third kappa shape index (κ3) is 4.89. The minimum Gasteiger partial charge on any atom is -0.366 e. The van der Waals surface area contributed by atoms with Crippen molar-refractivity contribution in [3.8, 4) is 0 Å². The van der Waals surface area contributed by atoms with Crippen LogP contribution in [0.25, 0.3) is 0 Å². The van der Waals surface area contributed by atoms with Gasteiger partial charge >= 0.3 is 6.03 Å². The zero-order valence-corrected chi connectivity index (χ0v) is 13.8. The number of nitrogens with zero attached hydrogens (tertiary/aromatic N) is 2. The number of hydrogen-bond donors (Lipinski definition) is 2. The summed E-state index contributed by atoms with van der Waals surface area (Å²) in [6.45, 7) is -0.0814. The van der Waals surface area contributed by atoms with E-state index in [0.717, 1.165) is 23.3 Å². The van der Waals surface area contributed by atoms with Gasteiger partial charge < -0.3 is 20.9 Å². The largest absolute Gasteiger partial charge is 0.366 e. The number of hydrogen-bond acceptors (Lipinski definition) is 3. The molecule has 0 aromatic heterocycles. The van der Waals surface area contributed by atoms with Crippen LogP contribution in [0.4, 0.5) is 19.3 Å². The molecule has 0 spiro atoms. The van der Waals surface area contributed by atoms with Crippen molar-refractivity contribution in [1.29, 1.82) is 0 Å². The van der Waals surface area contributed by atoms with Crippen LogP contribution in [0.5, 0.6) is 0 Å². The summed E-state index contributed by atoms with van der Waals surface area (Å²) in [5.74, 6) is -0.617. The summed E-state index contributed by atoms with van der Waals surface area (Å²) in [6.07, 6.45) is -1.13. The molecule has 6 nitrogen and oxygen atoms in total. The Morgan fingerprint density at radius 2 is 2.00 bits per heavy atom. The maximum absolute atomic E-state index is 12.7. The molecule has 3 N–H and O–H groups in total. The first-order valence-corrected chi connectivity index (χ1v) is 7.71. The summed E-state index contributed by atoms with van der Waals surface area (Å²) in [5.41, 5.74) is 6.70. The molecule has 0 radical (unpaired) electrons. The zero-order valence-electron chi connectivity index (χ0n) is 13.8. The summed E-state index contributed by atoms with van der Waals surface area (Å²) in [6, 6.07) is 4.03. The molecular weight excluding hydrogens is 318 g/mol. The molecule has 0 saturated heterocycles. The highest BCUT2D eigenvalue weighted by Gasteiger charge is 2.34. The number of nitrogens with two attached hydrogens (primary N) is 1. The molecule has 24 heavy (non-hydrogen) atoms. The molecule has 0 unspecified atom stereocenters. The number of anilines is 1. The van der Waals surface area contributed by atoms with Crippen molar-refractivity contribution in [3.05, 3.63) is 29.3 Å². The molecule has 1 aromatic rings. The second kappa shape index (κ2) is 7.57. The molecular formula is C16H22F2N4O2. The Bertz CT molecular complexity index is 618. The van der Waals surface area contributed by atoms with Crippen molar-refractivity contribution in [2.24, 2.45) is 5.73 Å². The number of urea groups is 1. The SMILES string of the molecule is CN(C)Cc1ccc(C(N)=O)cc1NC(=O)N(CC(F)F)C1CC1. The van der Waals surface area contributed by atoms with Gasteiger partial charge in [-0.15, -0.1) is 0 Å². The summed E-state index contributed by atoms with van der Waals surface area (Å²) < 4.78 is 25.4. The molecule has 1 aromatic carbocycles. The van der Waals surface area contributed by atoms with Gasteiger partial charge in [0.1, 0.15) is 0 Å². The number of carbonyl (C=O) groups excluding carboxylic acids is 2. The maximum Gasteiger partial charge on any atom is 0.322 e. The lowest BCUT2D eigenvalue weighted by atomic mass is 10.1. The van der Waals surface area contributed by atoms with Gasteiger partial charge in [-0.2, -0.15) is 0 Å². The summed E-state index contributed by atoms with van der Waals surface area (Å²) in [7, 11) is 3.72. The van der Waals surface area contributed by atoms with Crippen molar-refractivity contribution >= 4 is 17.6 Å². The summed E-state index contributed by atoms with van der Waals surface area (Å²) >= 11 is 0. The van der Waals surface area contributed by atoms with Crippen LogP contribution in [0, 0.1) is 0 Å². The first kappa shape index (κ1) is 18.1. The second-order valence-corrected chi connectivity index (χ2v) is 6.18. The first-order valence-electron chi connectivity index (χ1n) is 7.71. The van der Waals surface area contributed by atoms with Gasteiger partial charge in [0.2, 0.25) is 5.91 Å². The van der Waals surface area contributed by atoms with Crippen LogP contribution in [0.15, 0.2) is 18.2 Å². The molecule has 3 amide bonds. The predicted octanol–water partition coefficient (Wildman–Crippen LogP) is 2.11. The lowest BCUT2D eigenvalue weighted by molar-refractivity contribution is 0.0994. The van der Waals surface area contributed by atoms with Crippen molar-refractivity contribution in [3.63, 3.8) is 0 Å². The molecule has 0 atom stereocenters. The maximum atomic E-state index is 12.7. The van der Waals surface area contributed by atoms with E-state index >= 15 is 0 Å². The smallest absolute Gasteiger partial charge is 0.322 e. The average Bonchev–Trinajstić information content (AvgIpc) is 3.30. The van der Waals surface area contributed by atoms with Crippen LogP contribution in [0.2, 0.25) is 0 Å². The minimum atomic E-state index is -2.59. The molecule has 1 aliphatic carbocycles. The van der Waals surface area contributed by atoms with Crippen molar-refractivity contribution in [2.45, 2.75) is 31.9 Å². The van der Waals surface area contributed by atoms with Gasteiger partial charge in [0.05, 0.1) is 6.54 Å². The van der Waals surface area contributed by atoms with Crippen molar-refractivity contribution in [2.75, 3.05) is 26.0 Å².